The number of thiophene rings is 1. The van der Waals surface area contributed by atoms with Crippen LogP contribution in [0.1, 0.15) is 40.3 Å². The first-order chi connectivity index (χ1) is 11.5. The van der Waals surface area contributed by atoms with Crippen LogP contribution in [0.15, 0.2) is 4.79 Å². The van der Waals surface area contributed by atoms with Gasteiger partial charge in [0.25, 0.3) is 11.5 Å². The molecule has 3 rings (SSSR count). The Morgan fingerprint density at radius 3 is 2.92 bits per heavy atom. The normalized spacial score (nSPS) is 14.5. The molecule has 0 aromatic carbocycles. The van der Waals surface area contributed by atoms with Gasteiger partial charge in [0.2, 0.25) is 0 Å². The predicted octanol–water partition coefficient (Wildman–Crippen LogP) is 1.78. The molecule has 0 aliphatic carbocycles. The number of carbonyl (C=O) groups is 1. The number of aryl methyl sites for hydroxylation is 2. The molecule has 0 unspecified atom stereocenters. The lowest BCUT2D eigenvalue weighted by Crippen LogP contribution is -2.32. The van der Waals surface area contributed by atoms with Gasteiger partial charge in [-0.1, -0.05) is 6.42 Å². The summed E-state index contributed by atoms with van der Waals surface area (Å²) in [5.74, 6) is 0.833. The molecule has 2 aromatic rings. The van der Waals surface area contributed by atoms with Crippen molar-refractivity contribution in [3.8, 4) is 0 Å². The molecule has 0 saturated heterocycles. The van der Waals surface area contributed by atoms with Crippen LogP contribution in [0.2, 0.25) is 0 Å². The second-order valence-corrected chi connectivity index (χ2v) is 7.36. The summed E-state index contributed by atoms with van der Waals surface area (Å²) in [7, 11) is 3.65. The molecule has 0 fully saturated rings. The summed E-state index contributed by atoms with van der Waals surface area (Å²) in [5.41, 5.74) is 0.788. The monoisotopic (exact) mass is 348 g/mol. The van der Waals surface area contributed by atoms with Crippen LogP contribution in [0, 0.1) is 6.92 Å². The fourth-order valence-corrected chi connectivity index (χ4v) is 4.35. The maximum absolute atomic E-state index is 12.9. The summed E-state index contributed by atoms with van der Waals surface area (Å²) >= 11 is 1.35. The first kappa shape index (κ1) is 17.1. The molecule has 6 nitrogen and oxygen atoms in total. The minimum absolute atomic E-state index is 0.0163. The Labute approximate surface area is 145 Å². The molecule has 1 N–H and O–H groups in total. The number of aromatic nitrogens is 2. The Bertz CT molecular complexity index is 824. The zero-order chi connectivity index (χ0) is 17.3. The fourth-order valence-electron chi connectivity index (χ4n) is 3.17. The summed E-state index contributed by atoms with van der Waals surface area (Å²) in [6, 6.07) is 0. The SMILES string of the molecule is CNCCN(C)C(=O)c1sc2nc3n(c(=O)c2c1C)CCCCC3. The third-order valence-electron chi connectivity index (χ3n) is 4.65. The number of likely N-dealkylation sites (N-methyl/N-ethyl adjacent to an activating group) is 2. The average molecular weight is 348 g/mol. The van der Waals surface area contributed by atoms with E-state index >= 15 is 0 Å². The van der Waals surface area contributed by atoms with Crippen LogP contribution >= 0.6 is 11.3 Å². The molecule has 1 amide bonds. The van der Waals surface area contributed by atoms with Crippen molar-refractivity contribution < 1.29 is 4.79 Å². The second-order valence-electron chi connectivity index (χ2n) is 6.36. The van der Waals surface area contributed by atoms with Crippen LogP contribution in [-0.2, 0) is 13.0 Å². The predicted molar refractivity (Wildman–Crippen MR) is 97.1 cm³/mol. The summed E-state index contributed by atoms with van der Waals surface area (Å²) in [4.78, 5) is 33.4. The van der Waals surface area contributed by atoms with Crippen LogP contribution in [0.25, 0.3) is 10.2 Å². The van der Waals surface area contributed by atoms with Crippen molar-refractivity contribution in [3.05, 3.63) is 26.6 Å². The highest BCUT2D eigenvalue weighted by atomic mass is 32.1. The van der Waals surface area contributed by atoms with Crippen LogP contribution in [0.5, 0.6) is 0 Å². The fraction of sp³-hybridized carbons (Fsp3) is 0.588. The third kappa shape index (κ3) is 2.98. The van der Waals surface area contributed by atoms with Crippen molar-refractivity contribution >= 4 is 27.5 Å². The molecule has 7 heteroatoms. The number of nitrogens with zero attached hydrogens (tertiary/aromatic N) is 3. The molecule has 0 bridgehead atoms. The van der Waals surface area contributed by atoms with Crippen molar-refractivity contribution in [2.24, 2.45) is 0 Å². The number of nitrogens with one attached hydrogen (secondary N) is 1. The molecule has 130 valence electrons. The van der Waals surface area contributed by atoms with Crippen molar-refractivity contribution in [3.63, 3.8) is 0 Å². The summed E-state index contributed by atoms with van der Waals surface area (Å²) in [6.07, 6.45) is 4.06. The number of fused-ring (bicyclic) bond motifs is 2. The standard InChI is InChI=1S/C17H24N4O2S/c1-11-13-15(24-14(11)17(23)20(3)10-8-18-2)19-12-7-5-4-6-9-21(12)16(13)22/h18H,4-10H2,1-3H3. The van der Waals surface area contributed by atoms with Crippen molar-refractivity contribution in [1.29, 1.82) is 0 Å². The number of hydrogen-bond donors (Lipinski definition) is 1. The van der Waals surface area contributed by atoms with Gasteiger partial charge >= 0.3 is 0 Å². The van der Waals surface area contributed by atoms with Gasteiger partial charge in [0.1, 0.15) is 10.7 Å². The summed E-state index contributed by atoms with van der Waals surface area (Å²) < 4.78 is 1.81. The quantitative estimate of drug-likeness (QED) is 0.915. The lowest BCUT2D eigenvalue weighted by Gasteiger charge is -2.16. The van der Waals surface area contributed by atoms with E-state index in [0.717, 1.165) is 50.2 Å². The Morgan fingerprint density at radius 2 is 2.17 bits per heavy atom. The maximum atomic E-state index is 12.9. The van der Waals surface area contributed by atoms with E-state index in [0.29, 0.717) is 21.6 Å². The molecule has 0 spiro atoms. The highest BCUT2D eigenvalue weighted by molar-refractivity contribution is 7.20. The van der Waals surface area contributed by atoms with Gasteiger partial charge in [0, 0.05) is 33.1 Å². The average Bonchev–Trinajstić information content (AvgIpc) is 2.74. The van der Waals surface area contributed by atoms with Crippen molar-refractivity contribution in [1.82, 2.24) is 19.8 Å². The van der Waals surface area contributed by atoms with E-state index in [4.69, 9.17) is 4.98 Å². The second kappa shape index (κ2) is 7.03. The summed E-state index contributed by atoms with van der Waals surface area (Å²) in [5, 5.41) is 3.66. The van der Waals surface area contributed by atoms with E-state index in [2.05, 4.69) is 5.32 Å². The summed E-state index contributed by atoms with van der Waals surface area (Å²) in [6.45, 7) is 3.97. The van der Waals surface area contributed by atoms with E-state index < -0.39 is 0 Å². The zero-order valence-electron chi connectivity index (χ0n) is 14.5. The van der Waals surface area contributed by atoms with Gasteiger partial charge in [-0.2, -0.15) is 0 Å². The first-order valence-electron chi connectivity index (χ1n) is 8.47. The highest BCUT2D eigenvalue weighted by Crippen LogP contribution is 2.29. The maximum Gasteiger partial charge on any atom is 0.264 e. The molecule has 0 saturated carbocycles. The van der Waals surface area contributed by atoms with Gasteiger partial charge in [0.15, 0.2) is 0 Å². The minimum Gasteiger partial charge on any atom is -0.340 e. The molecular formula is C17H24N4O2S. The van der Waals surface area contributed by atoms with Gasteiger partial charge in [-0.15, -0.1) is 11.3 Å². The lowest BCUT2D eigenvalue weighted by molar-refractivity contribution is 0.0801. The molecular weight excluding hydrogens is 324 g/mol. The topological polar surface area (TPSA) is 67.2 Å². The molecule has 2 aromatic heterocycles. The van der Waals surface area contributed by atoms with Crippen LogP contribution in [0.3, 0.4) is 0 Å². The Kier molecular flexibility index (Phi) is 5.01. The zero-order valence-corrected chi connectivity index (χ0v) is 15.3. The number of carbonyl (C=O) groups excluding carboxylic acids is 1. The molecule has 24 heavy (non-hydrogen) atoms. The lowest BCUT2D eigenvalue weighted by atomic mass is 10.2. The first-order valence-corrected chi connectivity index (χ1v) is 9.29. The highest BCUT2D eigenvalue weighted by Gasteiger charge is 2.23. The molecule has 3 heterocycles. The number of hydrogen-bond acceptors (Lipinski definition) is 5. The van der Waals surface area contributed by atoms with Crippen LogP contribution in [-0.4, -0.2) is 47.5 Å². The van der Waals surface area contributed by atoms with Crippen LogP contribution < -0.4 is 10.9 Å². The molecule has 1 aliphatic heterocycles. The van der Waals surface area contributed by atoms with Gasteiger partial charge in [-0.3, -0.25) is 14.2 Å². The third-order valence-corrected chi connectivity index (χ3v) is 5.82. The number of rotatable bonds is 4. The largest absolute Gasteiger partial charge is 0.340 e. The van der Waals surface area contributed by atoms with E-state index in [-0.39, 0.29) is 11.5 Å². The van der Waals surface area contributed by atoms with E-state index in [1.807, 2.05) is 18.5 Å². The van der Waals surface area contributed by atoms with Gasteiger partial charge in [-0.05, 0) is 32.4 Å². The molecule has 0 atom stereocenters. The van der Waals surface area contributed by atoms with E-state index in [1.165, 1.54) is 11.3 Å². The van der Waals surface area contributed by atoms with E-state index in [9.17, 15) is 9.59 Å². The van der Waals surface area contributed by atoms with Gasteiger partial charge in [-0.25, -0.2) is 4.98 Å². The Morgan fingerprint density at radius 1 is 1.38 bits per heavy atom. The van der Waals surface area contributed by atoms with Gasteiger partial charge < -0.3 is 10.2 Å². The van der Waals surface area contributed by atoms with E-state index in [1.54, 1.807) is 11.9 Å². The van der Waals surface area contributed by atoms with Crippen LogP contribution in [0.4, 0.5) is 0 Å². The van der Waals surface area contributed by atoms with Gasteiger partial charge in [0.05, 0.1) is 10.3 Å². The minimum atomic E-state index is -0.0367. The van der Waals surface area contributed by atoms with Crippen molar-refractivity contribution in [2.75, 3.05) is 27.2 Å². The Hall–Kier alpha value is -1.73. The Balaban J connectivity index is 2.06. The smallest absolute Gasteiger partial charge is 0.264 e. The molecule has 1 aliphatic rings. The molecule has 0 radical (unpaired) electrons. The van der Waals surface area contributed by atoms with Crippen molar-refractivity contribution in [2.45, 2.75) is 39.2 Å². The number of amides is 1.